The third-order valence-electron chi connectivity index (χ3n) is 4.11. The Bertz CT molecular complexity index is 438. The van der Waals surface area contributed by atoms with Crippen LogP contribution in [0.2, 0.25) is 0 Å². The molecule has 2 rings (SSSR count). The van der Waals surface area contributed by atoms with E-state index in [0.717, 1.165) is 24.0 Å². The van der Waals surface area contributed by atoms with E-state index in [1.807, 2.05) is 6.07 Å². The summed E-state index contributed by atoms with van der Waals surface area (Å²) >= 11 is 0. The number of hydrogen-bond donors (Lipinski definition) is 2. The van der Waals surface area contributed by atoms with Gasteiger partial charge in [0.15, 0.2) is 0 Å². The highest BCUT2D eigenvalue weighted by molar-refractivity contribution is 5.34. The fraction of sp³-hybridized carbons (Fsp3) is 0.625. The lowest BCUT2D eigenvalue weighted by atomic mass is 9.80. The molecule has 3 atom stereocenters. The Morgan fingerprint density at radius 3 is 3.05 bits per heavy atom. The summed E-state index contributed by atoms with van der Waals surface area (Å²) in [5.74, 6) is 0.379. The molecular formula is C16H24FNO2. The van der Waals surface area contributed by atoms with Crippen molar-refractivity contribution in [2.45, 2.75) is 38.3 Å². The summed E-state index contributed by atoms with van der Waals surface area (Å²) in [4.78, 5) is 0. The average molecular weight is 281 g/mol. The molecule has 3 nitrogen and oxygen atoms in total. The summed E-state index contributed by atoms with van der Waals surface area (Å²) in [6.07, 6.45) is 2.00. The Kier molecular flexibility index (Phi) is 5.52. The van der Waals surface area contributed by atoms with Gasteiger partial charge in [0.05, 0.1) is 12.7 Å². The number of methoxy groups -OCH3 is 1. The lowest BCUT2D eigenvalue weighted by Crippen LogP contribution is -2.33. The Hall–Kier alpha value is -0.970. The Morgan fingerprint density at radius 2 is 2.30 bits per heavy atom. The topological polar surface area (TPSA) is 41.5 Å². The molecule has 0 saturated carbocycles. The lowest BCUT2D eigenvalue weighted by molar-refractivity contribution is 0.0585. The van der Waals surface area contributed by atoms with Crippen LogP contribution in [0.3, 0.4) is 0 Å². The lowest BCUT2D eigenvalue weighted by Gasteiger charge is -2.32. The van der Waals surface area contributed by atoms with E-state index >= 15 is 0 Å². The number of hydrogen-bond acceptors (Lipinski definition) is 3. The highest BCUT2D eigenvalue weighted by Crippen LogP contribution is 2.35. The molecule has 0 heterocycles. The SMILES string of the molecule is COCC(O)CCNC1c2cccc(F)c2CCC1C. The molecule has 1 aromatic carbocycles. The van der Waals surface area contributed by atoms with E-state index in [9.17, 15) is 9.50 Å². The summed E-state index contributed by atoms with van der Waals surface area (Å²) < 4.78 is 18.8. The zero-order valence-corrected chi connectivity index (χ0v) is 12.2. The molecule has 1 aliphatic carbocycles. The molecule has 0 fully saturated rings. The van der Waals surface area contributed by atoms with E-state index in [1.165, 1.54) is 6.07 Å². The van der Waals surface area contributed by atoms with Crippen molar-refractivity contribution in [2.24, 2.45) is 5.92 Å². The van der Waals surface area contributed by atoms with Crippen LogP contribution in [0.5, 0.6) is 0 Å². The summed E-state index contributed by atoms with van der Waals surface area (Å²) in [7, 11) is 1.58. The summed E-state index contributed by atoms with van der Waals surface area (Å²) in [6, 6.07) is 5.50. The predicted octanol–water partition coefficient (Wildman–Crippen LogP) is 2.44. The number of ether oxygens (including phenoxy) is 1. The number of rotatable bonds is 6. The second-order valence-electron chi connectivity index (χ2n) is 5.65. The molecule has 112 valence electrons. The molecule has 2 N–H and O–H groups in total. The fourth-order valence-electron chi connectivity index (χ4n) is 2.97. The van der Waals surface area contributed by atoms with Gasteiger partial charge >= 0.3 is 0 Å². The third-order valence-corrected chi connectivity index (χ3v) is 4.11. The predicted molar refractivity (Wildman–Crippen MR) is 77.1 cm³/mol. The molecule has 3 unspecified atom stereocenters. The van der Waals surface area contributed by atoms with E-state index in [0.29, 0.717) is 25.5 Å². The zero-order valence-electron chi connectivity index (χ0n) is 12.2. The molecule has 1 aliphatic rings. The molecule has 0 aromatic heterocycles. The second kappa shape index (κ2) is 7.16. The maximum Gasteiger partial charge on any atom is 0.126 e. The van der Waals surface area contributed by atoms with E-state index < -0.39 is 6.10 Å². The average Bonchev–Trinajstić information content (AvgIpc) is 2.42. The van der Waals surface area contributed by atoms with Crippen LogP contribution < -0.4 is 5.32 Å². The van der Waals surface area contributed by atoms with E-state index in [2.05, 4.69) is 12.2 Å². The van der Waals surface area contributed by atoms with Crippen LogP contribution in [0.4, 0.5) is 4.39 Å². The van der Waals surface area contributed by atoms with E-state index in [1.54, 1.807) is 13.2 Å². The Morgan fingerprint density at radius 1 is 1.50 bits per heavy atom. The van der Waals surface area contributed by atoms with Crippen LogP contribution in [-0.2, 0) is 11.2 Å². The summed E-state index contributed by atoms with van der Waals surface area (Å²) in [5.41, 5.74) is 1.92. The van der Waals surface area contributed by atoms with Crippen LogP contribution >= 0.6 is 0 Å². The smallest absolute Gasteiger partial charge is 0.126 e. The van der Waals surface area contributed by atoms with Gasteiger partial charge in [0.2, 0.25) is 0 Å². The van der Waals surface area contributed by atoms with Gasteiger partial charge in [0, 0.05) is 13.2 Å². The van der Waals surface area contributed by atoms with Gasteiger partial charge in [-0.3, -0.25) is 0 Å². The number of benzene rings is 1. The minimum atomic E-state index is -0.446. The number of aliphatic hydroxyl groups excluding tert-OH is 1. The van der Waals surface area contributed by atoms with Gasteiger partial charge in [-0.2, -0.15) is 0 Å². The first kappa shape index (κ1) is 15.4. The fourth-order valence-corrected chi connectivity index (χ4v) is 2.97. The Balaban J connectivity index is 1.99. The monoisotopic (exact) mass is 281 g/mol. The first-order chi connectivity index (χ1) is 9.63. The maximum absolute atomic E-state index is 13.8. The molecule has 0 amide bonds. The largest absolute Gasteiger partial charge is 0.391 e. The summed E-state index contributed by atoms with van der Waals surface area (Å²) in [6.45, 7) is 3.25. The minimum absolute atomic E-state index is 0.0967. The highest BCUT2D eigenvalue weighted by atomic mass is 19.1. The molecule has 20 heavy (non-hydrogen) atoms. The van der Waals surface area contributed by atoms with Gasteiger partial charge in [-0.15, -0.1) is 0 Å². The van der Waals surface area contributed by atoms with Gasteiger partial charge in [-0.1, -0.05) is 19.1 Å². The van der Waals surface area contributed by atoms with Crippen LogP contribution in [0, 0.1) is 11.7 Å². The quantitative estimate of drug-likeness (QED) is 0.841. The first-order valence-corrected chi connectivity index (χ1v) is 7.31. The first-order valence-electron chi connectivity index (χ1n) is 7.31. The molecule has 1 aromatic rings. The number of nitrogens with one attached hydrogen (secondary N) is 1. The van der Waals surface area contributed by atoms with Crippen molar-refractivity contribution < 1.29 is 14.2 Å². The van der Waals surface area contributed by atoms with Crippen LogP contribution in [-0.4, -0.2) is 31.5 Å². The maximum atomic E-state index is 13.8. The van der Waals surface area contributed by atoms with Gasteiger partial charge in [0.25, 0.3) is 0 Å². The molecule has 0 aliphatic heterocycles. The normalized spacial score (nSPS) is 23.4. The number of aliphatic hydroxyl groups is 1. The van der Waals surface area contributed by atoms with Gasteiger partial charge in [-0.25, -0.2) is 4.39 Å². The second-order valence-corrected chi connectivity index (χ2v) is 5.65. The third kappa shape index (κ3) is 3.57. The minimum Gasteiger partial charge on any atom is -0.391 e. The van der Waals surface area contributed by atoms with Crippen LogP contribution in [0.1, 0.15) is 36.9 Å². The zero-order chi connectivity index (χ0) is 14.5. The van der Waals surface area contributed by atoms with Crippen molar-refractivity contribution in [2.75, 3.05) is 20.3 Å². The molecule has 4 heteroatoms. The van der Waals surface area contributed by atoms with Gasteiger partial charge < -0.3 is 15.2 Å². The van der Waals surface area contributed by atoms with Crippen molar-refractivity contribution >= 4 is 0 Å². The van der Waals surface area contributed by atoms with Crippen molar-refractivity contribution in [1.29, 1.82) is 0 Å². The van der Waals surface area contributed by atoms with E-state index in [4.69, 9.17) is 4.74 Å². The van der Waals surface area contributed by atoms with Gasteiger partial charge in [0.1, 0.15) is 5.82 Å². The number of fused-ring (bicyclic) bond motifs is 1. The highest BCUT2D eigenvalue weighted by Gasteiger charge is 2.27. The van der Waals surface area contributed by atoms with Crippen molar-refractivity contribution in [3.63, 3.8) is 0 Å². The molecular weight excluding hydrogens is 257 g/mol. The van der Waals surface area contributed by atoms with Crippen LogP contribution in [0.15, 0.2) is 18.2 Å². The molecule has 0 saturated heterocycles. The standard InChI is InChI=1S/C16H24FNO2/c1-11-6-7-13-14(4-3-5-15(13)17)16(11)18-9-8-12(19)10-20-2/h3-5,11-12,16,18-19H,6-10H2,1-2H3. The van der Waals surface area contributed by atoms with Crippen molar-refractivity contribution in [3.05, 3.63) is 35.1 Å². The Labute approximate surface area is 120 Å². The molecule has 0 radical (unpaired) electrons. The summed E-state index contributed by atoms with van der Waals surface area (Å²) in [5, 5.41) is 13.1. The molecule has 0 bridgehead atoms. The van der Waals surface area contributed by atoms with Crippen molar-refractivity contribution in [1.82, 2.24) is 5.32 Å². The number of halogens is 1. The van der Waals surface area contributed by atoms with Crippen molar-refractivity contribution in [3.8, 4) is 0 Å². The van der Waals surface area contributed by atoms with Crippen LogP contribution in [0.25, 0.3) is 0 Å². The molecule has 0 spiro atoms. The van der Waals surface area contributed by atoms with E-state index in [-0.39, 0.29) is 11.9 Å². The van der Waals surface area contributed by atoms with Gasteiger partial charge in [-0.05, 0) is 48.9 Å².